The Bertz CT molecular complexity index is 1040. The minimum Gasteiger partial charge on any atom is -0.465 e. The van der Waals surface area contributed by atoms with Gasteiger partial charge in [0.1, 0.15) is 11.5 Å². The summed E-state index contributed by atoms with van der Waals surface area (Å²) in [4.78, 5) is 23.6. The Morgan fingerprint density at radius 3 is 2.50 bits per heavy atom. The standard InChI is InChI=1S/C20H14Cl2N2O4/c1-27-20(26)13-4-2-12(3-5-13)18-9-7-15(28-18)11-23-24-19(25)16-8-6-14(21)10-17(16)22/h2-11H,1H3,(H,24,25)/b23-11+. The van der Waals surface area contributed by atoms with Gasteiger partial charge in [-0.15, -0.1) is 0 Å². The summed E-state index contributed by atoms with van der Waals surface area (Å²) in [5, 5.41) is 4.54. The van der Waals surface area contributed by atoms with Gasteiger partial charge in [-0.25, -0.2) is 10.2 Å². The van der Waals surface area contributed by atoms with Crippen LogP contribution in [0.5, 0.6) is 0 Å². The van der Waals surface area contributed by atoms with Crippen LogP contribution in [0.4, 0.5) is 0 Å². The van der Waals surface area contributed by atoms with Crippen molar-refractivity contribution in [2.75, 3.05) is 7.11 Å². The lowest BCUT2D eigenvalue weighted by Crippen LogP contribution is -2.17. The fourth-order valence-electron chi connectivity index (χ4n) is 2.35. The SMILES string of the molecule is COC(=O)c1ccc(-c2ccc(/C=N/NC(=O)c3ccc(Cl)cc3Cl)o2)cc1. The molecule has 0 spiro atoms. The van der Waals surface area contributed by atoms with E-state index in [-0.39, 0.29) is 10.6 Å². The van der Waals surface area contributed by atoms with Gasteiger partial charge in [-0.05, 0) is 42.5 Å². The Labute approximate surface area is 170 Å². The van der Waals surface area contributed by atoms with Gasteiger partial charge in [0.25, 0.3) is 5.91 Å². The summed E-state index contributed by atoms with van der Waals surface area (Å²) in [6.45, 7) is 0. The minimum atomic E-state index is -0.469. The van der Waals surface area contributed by atoms with Crippen LogP contribution < -0.4 is 5.43 Å². The van der Waals surface area contributed by atoms with Gasteiger partial charge >= 0.3 is 5.97 Å². The molecular formula is C20H14Cl2N2O4. The lowest BCUT2D eigenvalue weighted by Gasteiger charge is -2.02. The van der Waals surface area contributed by atoms with Crippen LogP contribution >= 0.6 is 23.2 Å². The molecule has 2 aromatic carbocycles. The molecule has 142 valence electrons. The van der Waals surface area contributed by atoms with E-state index in [1.54, 1.807) is 42.5 Å². The molecular weight excluding hydrogens is 403 g/mol. The van der Waals surface area contributed by atoms with Crippen molar-refractivity contribution >= 4 is 41.3 Å². The highest BCUT2D eigenvalue weighted by atomic mass is 35.5. The van der Waals surface area contributed by atoms with E-state index in [9.17, 15) is 9.59 Å². The maximum atomic E-state index is 12.1. The molecule has 0 fully saturated rings. The van der Waals surface area contributed by atoms with E-state index in [0.717, 1.165) is 5.56 Å². The van der Waals surface area contributed by atoms with Gasteiger partial charge in [-0.2, -0.15) is 5.10 Å². The van der Waals surface area contributed by atoms with Gasteiger partial charge in [-0.1, -0.05) is 35.3 Å². The first-order valence-electron chi connectivity index (χ1n) is 8.05. The predicted octanol–water partition coefficient (Wildman–Crippen LogP) is 4.80. The molecule has 1 aromatic heterocycles. The van der Waals surface area contributed by atoms with E-state index in [4.69, 9.17) is 27.6 Å². The summed E-state index contributed by atoms with van der Waals surface area (Å²) < 4.78 is 10.3. The van der Waals surface area contributed by atoms with Gasteiger partial charge in [0.05, 0.1) is 29.5 Å². The maximum Gasteiger partial charge on any atom is 0.337 e. The van der Waals surface area contributed by atoms with Crippen LogP contribution in [0.1, 0.15) is 26.5 Å². The van der Waals surface area contributed by atoms with Crippen molar-refractivity contribution in [2.24, 2.45) is 5.10 Å². The fourth-order valence-corrected chi connectivity index (χ4v) is 2.85. The number of nitrogens with zero attached hydrogens (tertiary/aromatic N) is 1. The zero-order valence-corrected chi connectivity index (χ0v) is 16.1. The quantitative estimate of drug-likeness (QED) is 0.367. The van der Waals surface area contributed by atoms with Crippen molar-refractivity contribution in [2.45, 2.75) is 0 Å². The Morgan fingerprint density at radius 2 is 1.82 bits per heavy atom. The monoisotopic (exact) mass is 416 g/mol. The lowest BCUT2D eigenvalue weighted by atomic mass is 10.1. The third-order valence-corrected chi connectivity index (χ3v) is 4.30. The topological polar surface area (TPSA) is 80.9 Å². The van der Waals surface area contributed by atoms with Crippen LogP contribution in [0, 0.1) is 0 Å². The van der Waals surface area contributed by atoms with Crippen LogP contribution in [0.15, 0.2) is 64.1 Å². The number of nitrogens with one attached hydrogen (secondary N) is 1. The van der Waals surface area contributed by atoms with Gasteiger partial charge < -0.3 is 9.15 Å². The molecule has 0 aliphatic carbocycles. The second-order valence-electron chi connectivity index (χ2n) is 5.59. The fraction of sp³-hybridized carbons (Fsp3) is 0.0500. The summed E-state index contributed by atoms with van der Waals surface area (Å²) >= 11 is 11.8. The number of furan rings is 1. The Kier molecular flexibility index (Phi) is 6.13. The molecule has 0 saturated carbocycles. The normalized spacial score (nSPS) is 10.8. The van der Waals surface area contributed by atoms with E-state index in [1.807, 2.05) is 0 Å². The molecule has 8 heteroatoms. The first kappa shape index (κ1) is 19.7. The predicted molar refractivity (Wildman–Crippen MR) is 107 cm³/mol. The number of hydrogen-bond donors (Lipinski definition) is 1. The molecule has 0 aliphatic rings. The molecule has 0 radical (unpaired) electrons. The van der Waals surface area contributed by atoms with E-state index in [1.165, 1.54) is 25.5 Å². The molecule has 0 bridgehead atoms. The third kappa shape index (κ3) is 4.60. The van der Waals surface area contributed by atoms with Crippen LogP contribution in [0.25, 0.3) is 11.3 Å². The van der Waals surface area contributed by atoms with E-state index in [0.29, 0.717) is 22.1 Å². The summed E-state index contributed by atoms with van der Waals surface area (Å²) in [6, 6.07) is 14.8. The van der Waals surface area contributed by atoms with Crippen molar-refractivity contribution < 1.29 is 18.7 Å². The second kappa shape index (κ2) is 8.73. The molecule has 0 unspecified atom stereocenters. The van der Waals surface area contributed by atoms with Gasteiger partial charge in [-0.3, -0.25) is 4.79 Å². The highest BCUT2D eigenvalue weighted by molar-refractivity contribution is 6.36. The van der Waals surface area contributed by atoms with Crippen LogP contribution in [-0.4, -0.2) is 25.2 Å². The second-order valence-corrected chi connectivity index (χ2v) is 6.44. The number of esters is 1. The first-order valence-corrected chi connectivity index (χ1v) is 8.80. The molecule has 6 nitrogen and oxygen atoms in total. The van der Waals surface area contributed by atoms with Crippen molar-refractivity contribution in [3.05, 3.63) is 81.5 Å². The number of ether oxygens (including phenoxy) is 1. The average molecular weight is 417 g/mol. The largest absolute Gasteiger partial charge is 0.465 e. The van der Waals surface area contributed by atoms with Crippen molar-refractivity contribution in [1.29, 1.82) is 0 Å². The number of amides is 1. The third-order valence-electron chi connectivity index (χ3n) is 3.75. The summed E-state index contributed by atoms with van der Waals surface area (Å²) in [5.74, 6) is 0.151. The number of rotatable bonds is 5. The molecule has 3 rings (SSSR count). The van der Waals surface area contributed by atoms with Crippen molar-refractivity contribution in [3.63, 3.8) is 0 Å². The number of carbonyl (C=O) groups excluding carboxylic acids is 2. The summed E-state index contributed by atoms with van der Waals surface area (Å²) in [6.07, 6.45) is 1.37. The number of hydrogen-bond acceptors (Lipinski definition) is 5. The Balaban J connectivity index is 1.65. The Hall–Kier alpha value is -3.09. The zero-order valence-electron chi connectivity index (χ0n) is 14.6. The van der Waals surface area contributed by atoms with Gasteiger partial charge in [0, 0.05) is 10.6 Å². The molecule has 28 heavy (non-hydrogen) atoms. The van der Waals surface area contributed by atoms with Gasteiger partial charge in [0.2, 0.25) is 0 Å². The molecule has 1 amide bonds. The number of carbonyl (C=O) groups is 2. The number of halogens is 2. The minimum absolute atomic E-state index is 0.232. The van der Waals surface area contributed by atoms with E-state index in [2.05, 4.69) is 15.3 Å². The first-order chi connectivity index (χ1) is 13.5. The Morgan fingerprint density at radius 1 is 1.07 bits per heavy atom. The van der Waals surface area contributed by atoms with Crippen molar-refractivity contribution in [1.82, 2.24) is 5.43 Å². The molecule has 0 aliphatic heterocycles. The van der Waals surface area contributed by atoms with Crippen LogP contribution in [0.2, 0.25) is 10.0 Å². The van der Waals surface area contributed by atoms with Gasteiger partial charge in [0.15, 0.2) is 0 Å². The summed E-state index contributed by atoms with van der Waals surface area (Å²) in [5.41, 5.74) is 3.86. The maximum absolute atomic E-state index is 12.1. The number of benzene rings is 2. The molecule has 3 aromatic rings. The average Bonchev–Trinajstić information content (AvgIpc) is 3.16. The highest BCUT2D eigenvalue weighted by Crippen LogP contribution is 2.23. The van der Waals surface area contributed by atoms with Crippen LogP contribution in [-0.2, 0) is 4.74 Å². The molecule has 0 saturated heterocycles. The molecule has 0 atom stereocenters. The van der Waals surface area contributed by atoms with Crippen LogP contribution in [0.3, 0.4) is 0 Å². The number of methoxy groups -OCH3 is 1. The molecule has 1 heterocycles. The van der Waals surface area contributed by atoms with E-state index >= 15 is 0 Å². The van der Waals surface area contributed by atoms with Crippen molar-refractivity contribution in [3.8, 4) is 11.3 Å². The molecule has 1 N–H and O–H groups in total. The zero-order chi connectivity index (χ0) is 20.1. The summed E-state index contributed by atoms with van der Waals surface area (Å²) in [7, 11) is 1.33. The number of hydrazone groups is 1. The smallest absolute Gasteiger partial charge is 0.337 e. The lowest BCUT2D eigenvalue weighted by molar-refractivity contribution is 0.0600. The highest BCUT2D eigenvalue weighted by Gasteiger charge is 2.10. The van der Waals surface area contributed by atoms with E-state index < -0.39 is 11.9 Å².